The van der Waals surface area contributed by atoms with Crippen molar-refractivity contribution < 1.29 is 19.5 Å². The fourth-order valence-electron chi connectivity index (χ4n) is 8.02. The van der Waals surface area contributed by atoms with Gasteiger partial charge in [0.2, 0.25) is 0 Å². The SMILES string of the molecule is [2H]c1c([2H])c([2H])c(-c2cccc3c2oc2ccc4cccc(-c5c([2H])c([2H])c(N(c6ccc(-c7ccccc7)cc6)c6ccc(-c7ccccc7)cc6)c6c([2H])c([2H])c([2H])c([2H])c56)c4c23)c([2H])c1[2H]. The zero-order chi connectivity index (χ0) is 48.0. The zero-order valence-electron chi connectivity index (χ0n) is 41.9. The van der Waals surface area contributed by atoms with Gasteiger partial charge in [-0.25, -0.2) is 0 Å². The largest absolute Gasteiger partial charge is 0.455 e. The Morgan fingerprint density at radius 3 is 1.62 bits per heavy atom. The molecule has 0 bridgehead atoms. The standard InChI is InChI=1S/C56H37NO/c1-4-14-38(15-5-1)40-26-31-44(32-27-40)57(45-33-28-41(29-34-45)39-16-6-2-7-17-39)52-36-35-48(47-21-10-11-22-49(47)52)50-24-12-20-43-30-37-53-55(54(43)50)51-25-13-23-46(56(51)58-53)42-18-8-3-9-19-42/h1-37H/i3D,8D,9D,10D,11D,18D,19D,21D,22D,35D,36D. The van der Waals surface area contributed by atoms with Gasteiger partial charge in [0.15, 0.2) is 0 Å². The van der Waals surface area contributed by atoms with Crippen LogP contribution in [-0.2, 0) is 0 Å². The monoisotopic (exact) mass is 750 g/mol. The third-order valence-electron chi connectivity index (χ3n) is 10.7. The maximum atomic E-state index is 10.0. The van der Waals surface area contributed by atoms with Crippen molar-refractivity contribution in [1.29, 1.82) is 0 Å². The lowest BCUT2D eigenvalue weighted by atomic mass is 9.90. The van der Waals surface area contributed by atoms with Crippen LogP contribution in [0.25, 0.3) is 88.0 Å². The topological polar surface area (TPSA) is 16.4 Å². The Bertz CT molecular complexity index is 3780. The van der Waals surface area contributed by atoms with Gasteiger partial charge in [0.25, 0.3) is 0 Å². The van der Waals surface area contributed by atoms with Crippen molar-refractivity contribution in [3.05, 3.63) is 224 Å². The highest BCUT2D eigenvalue weighted by atomic mass is 16.3. The summed E-state index contributed by atoms with van der Waals surface area (Å²) in [6, 6.07) is 45.1. The third kappa shape index (κ3) is 5.74. The lowest BCUT2D eigenvalue weighted by Crippen LogP contribution is -2.10. The summed E-state index contributed by atoms with van der Waals surface area (Å²) in [6.07, 6.45) is 0. The summed E-state index contributed by atoms with van der Waals surface area (Å²) in [4.78, 5) is 1.79. The van der Waals surface area contributed by atoms with Crippen LogP contribution in [0.15, 0.2) is 229 Å². The first-order valence-electron chi connectivity index (χ1n) is 24.4. The number of nitrogens with zero attached hydrogens (tertiary/aromatic N) is 1. The van der Waals surface area contributed by atoms with Gasteiger partial charge in [-0.1, -0.05) is 188 Å². The lowest BCUT2D eigenvalue weighted by Gasteiger charge is -2.28. The van der Waals surface area contributed by atoms with Crippen LogP contribution in [0.3, 0.4) is 0 Å². The molecule has 2 nitrogen and oxygen atoms in total. The normalized spacial score (nSPS) is 14.1. The highest BCUT2D eigenvalue weighted by Gasteiger charge is 2.21. The maximum absolute atomic E-state index is 10.0. The van der Waals surface area contributed by atoms with Crippen LogP contribution in [0.1, 0.15) is 15.1 Å². The van der Waals surface area contributed by atoms with Crippen LogP contribution >= 0.6 is 0 Å². The first-order chi connectivity index (χ1) is 33.3. The molecule has 0 saturated heterocycles. The number of para-hydroxylation sites is 1. The molecule has 0 spiro atoms. The Morgan fingerprint density at radius 2 is 0.948 bits per heavy atom. The van der Waals surface area contributed by atoms with Crippen LogP contribution in [0.2, 0.25) is 0 Å². The summed E-state index contributed by atoms with van der Waals surface area (Å²) in [5.41, 5.74) is 6.68. The Labute approximate surface area is 353 Å². The molecule has 58 heavy (non-hydrogen) atoms. The summed E-state index contributed by atoms with van der Waals surface area (Å²) >= 11 is 0. The molecule has 11 rings (SSSR count). The van der Waals surface area contributed by atoms with E-state index in [1.54, 1.807) is 35.2 Å². The molecular weight excluding hydrogens is 703 g/mol. The number of hydrogen-bond acceptors (Lipinski definition) is 2. The van der Waals surface area contributed by atoms with Gasteiger partial charge >= 0.3 is 0 Å². The summed E-state index contributed by atoms with van der Waals surface area (Å²) in [7, 11) is 0. The van der Waals surface area contributed by atoms with Crippen LogP contribution in [0.4, 0.5) is 17.1 Å². The average molecular weight is 751 g/mol. The molecule has 0 atom stereocenters. The quantitative estimate of drug-likeness (QED) is 0.161. The van der Waals surface area contributed by atoms with E-state index in [4.69, 9.17) is 14.0 Å². The molecular formula is C56H37NO. The van der Waals surface area contributed by atoms with E-state index in [-0.39, 0.29) is 69.4 Å². The Morgan fingerprint density at radius 1 is 0.362 bits per heavy atom. The fraction of sp³-hybridized carbons (Fsp3) is 0. The van der Waals surface area contributed by atoms with Crippen molar-refractivity contribution in [2.24, 2.45) is 0 Å². The highest BCUT2D eigenvalue weighted by Crippen LogP contribution is 2.46. The molecule has 0 unspecified atom stereocenters. The number of rotatable bonds is 7. The summed E-state index contributed by atoms with van der Waals surface area (Å²) < 4.78 is 106. The van der Waals surface area contributed by atoms with Crippen molar-refractivity contribution in [3.63, 3.8) is 0 Å². The van der Waals surface area contributed by atoms with Gasteiger partial charge in [-0.2, -0.15) is 0 Å². The summed E-state index contributed by atoms with van der Waals surface area (Å²) in [5.74, 6) is 0. The average Bonchev–Trinajstić information content (AvgIpc) is 3.78. The molecule has 0 aliphatic heterocycles. The Balaban J connectivity index is 1.21. The van der Waals surface area contributed by atoms with Crippen LogP contribution in [-0.4, -0.2) is 0 Å². The van der Waals surface area contributed by atoms with Crippen LogP contribution < -0.4 is 4.90 Å². The highest BCUT2D eigenvalue weighted by molar-refractivity contribution is 6.25. The summed E-state index contributed by atoms with van der Waals surface area (Å²) in [6.45, 7) is 0. The molecule has 272 valence electrons. The van der Waals surface area contributed by atoms with Crippen molar-refractivity contribution >= 4 is 60.5 Å². The zero-order valence-corrected chi connectivity index (χ0v) is 30.9. The Hall–Kier alpha value is -7.68. The predicted molar refractivity (Wildman–Crippen MR) is 245 cm³/mol. The lowest BCUT2D eigenvalue weighted by molar-refractivity contribution is 0.670. The Kier molecular flexibility index (Phi) is 5.86. The molecule has 11 aromatic rings. The predicted octanol–water partition coefficient (Wildman–Crippen LogP) is 16.0. The van der Waals surface area contributed by atoms with Gasteiger partial charge in [0, 0.05) is 38.5 Å². The number of hydrogen-bond donors (Lipinski definition) is 0. The first kappa shape index (κ1) is 24.1. The number of benzene rings is 10. The summed E-state index contributed by atoms with van der Waals surface area (Å²) in [5, 5.41) is 2.53. The van der Waals surface area contributed by atoms with Gasteiger partial charge in [-0.3, -0.25) is 0 Å². The molecule has 0 radical (unpaired) electrons. The van der Waals surface area contributed by atoms with E-state index in [1.807, 2.05) is 127 Å². The van der Waals surface area contributed by atoms with Gasteiger partial charge in [0.1, 0.15) is 11.2 Å². The number of fused-ring (bicyclic) bond motifs is 6. The molecule has 0 amide bonds. The first-order valence-corrected chi connectivity index (χ1v) is 18.9. The van der Waals surface area contributed by atoms with Gasteiger partial charge in [-0.05, 0) is 86.1 Å². The smallest absolute Gasteiger partial charge is 0.143 e. The van der Waals surface area contributed by atoms with Crippen LogP contribution in [0, 0.1) is 0 Å². The number of furan rings is 1. The van der Waals surface area contributed by atoms with Crippen molar-refractivity contribution in [1.82, 2.24) is 0 Å². The van der Waals surface area contributed by atoms with Gasteiger partial charge in [-0.15, -0.1) is 0 Å². The van der Waals surface area contributed by atoms with Gasteiger partial charge in [0.05, 0.1) is 20.8 Å². The molecule has 0 aliphatic rings. The van der Waals surface area contributed by atoms with E-state index in [1.165, 1.54) is 0 Å². The van der Waals surface area contributed by atoms with E-state index in [2.05, 4.69) is 0 Å². The van der Waals surface area contributed by atoms with Crippen molar-refractivity contribution in [2.45, 2.75) is 0 Å². The molecule has 0 N–H and O–H groups in total. The molecule has 10 aromatic carbocycles. The maximum Gasteiger partial charge on any atom is 0.143 e. The molecule has 0 fully saturated rings. The molecule has 0 saturated carbocycles. The molecule has 1 aromatic heterocycles. The second-order valence-corrected chi connectivity index (χ2v) is 14.0. The molecule has 0 aliphatic carbocycles. The molecule has 1 heterocycles. The van der Waals surface area contributed by atoms with Crippen molar-refractivity contribution in [3.8, 4) is 44.5 Å². The minimum absolute atomic E-state index is 0.0194. The van der Waals surface area contributed by atoms with Crippen LogP contribution in [0.5, 0.6) is 0 Å². The van der Waals surface area contributed by atoms with Crippen molar-refractivity contribution in [2.75, 3.05) is 4.90 Å². The molecule has 2 heteroatoms. The van der Waals surface area contributed by atoms with E-state index in [0.29, 0.717) is 49.6 Å². The van der Waals surface area contributed by atoms with Gasteiger partial charge < -0.3 is 9.32 Å². The minimum atomic E-state index is -0.512. The van der Waals surface area contributed by atoms with E-state index in [0.717, 1.165) is 22.3 Å². The van der Waals surface area contributed by atoms with E-state index < -0.39 is 30.2 Å². The third-order valence-corrected chi connectivity index (χ3v) is 10.7. The second kappa shape index (κ2) is 14.1. The second-order valence-electron chi connectivity index (χ2n) is 14.0. The van der Waals surface area contributed by atoms with E-state index in [9.17, 15) is 5.48 Å². The minimum Gasteiger partial charge on any atom is -0.455 e. The fourth-order valence-corrected chi connectivity index (χ4v) is 8.02. The number of anilines is 3. The van der Waals surface area contributed by atoms with E-state index >= 15 is 0 Å².